The van der Waals surface area contributed by atoms with Crippen molar-refractivity contribution in [1.29, 1.82) is 0 Å². The van der Waals surface area contributed by atoms with Gasteiger partial charge in [-0.25, -0.2) is 9.37 Å². The predicted molar refractivity (Wildman–Crippen MR) is 70.1 cm³/mol. The molecule has 0 atom stereocenters. The fourth-order valence-corrected chi connectivity index (χ4v) is 1.94. The van der Waals surface area contributed by atoms with Crippen LogP contribution in [-0.2, 0) is 0 Å². The molecule has 0 unspecified atom stereocenters. The number of non-ortho nitro benzene ring substituents is 1. The molecule has 5 nitrogen and oxygen atoms in total. The van der Waals surface area contributed by atoms with Crippen LogP contribution in [0.4, 0.5) is 10.1 Å². The van der Waals surface area contributed by atoms with Crippen LogP contribution in [0.3, 0.4) is 0 Å². The number of nitrogens with zero attached hydrogens (tertiary/aromatic N) is 2. The Labute approximate surface area is 120 Å². The van der Waals surface area contributed by atoms with Crippen LogP contribution in [0.5, 0.6) is 11.6 Å². The molecule has 1 aromatic carbocycles. The van der Waals surface area contributed by atoms with Crippen LogP contribution < -0.4 is 4.74 Å². The van der Waals surface area contributed by atoms with Crippen molar-refractivity contribution in [3.63, 3.8) is 0 Å². The maximum Gasteiger partial charge on any atom is 0.272 e. The van der Waals surface area contributed by atoms with E-state index in [1.54, 1.807) is 0 Å². The zero-order valence-corrected chi connectivity index (χ0v) is 11.5. The highest BCUT2D eigenvalue weighted by molar-refractivity contribution is 9.10. The minimum atomic E-state index is -0.866. The molecule has 19 heavy (non-hydrogen) atoms. The minimum Gasteiger partial charge on any atom is -0.434 e. The van der Waals surface area contributed by atoms with Crippen molar-refractivity contribution in [3.05, 3.63) is 55.9 Å². The summed E-state index contributed by atoms with van der Waals surface area (Å²) < 4.78 is 19.4. The van der Waals surface area contributed by atoms with Crippen molar-refractivity contribution in [2.75, 3.05) is 0 Å². The summed E-state index contributed by atoms with van der Waals surface area (Å²) in [5.74, 6) is -1.05. The van der Waals surface area contributed by atoms with E-state index in [-0.39, 0.29) is 22.3 Å². The Hall–Kier alpha value is -1.73. The van der Waals surface area contributed by atoms with Crippen molar-refractivity contribution in [2.45, 2.75) is 0 Å². The normalized spacial score (nSPS) is 10.3. The molecule has 0 aliphatic rings. The van der Waals surface area contributed by atoms with E-state index in [9.17, 15) is 14.5 Å². The molecule has 0 bridgehead atoms. The van der Waals surface area contributed by atoms with Gasteiger partial charge in [0, 0.05) is 16.7 Å². The van der Waals surface area contributed by atoms with Gasteiger partial charge in [-0.1, -0.05) is 11.6 Å². The molecule has 1 heterocycles. The largest absolute Gasteiger partial charge is 0.434 e. The molecule has 98 valence electrons. The van der Waals surface area contributed by atoms with Gasteiger partial charge in [-0.05, 0) is 28.1 Å². The molecule has 8 heteroatoms. The van der Waals surface area contributed by atoms with Gasteiger partial charge >= 0.3 is 0 Å². The highest BCUT2D eigenvalue weighted by Gasteiger charge is 2.14. The van der Waals surface area contributed by atoms with E-state index in [2.05, 4.69) is 20.9 Å². The third kappa shape index (κ3) is 3.18. The lowest BCUT2D eigenvalue weighted by Gasteiger charge is -2.07. The second-order valence-electron chi connectivity index (χ2n) is 3.41. The zero-order chi connectivity index (χ0) is 14.0. The second-order valence-corrected chi connectivity index (χ2v) is 4.74. The number of nitro benzene ring substituents is 1. The van der Waals surface area contributed by atoms with E-state index in [0.717, 1.165) is 18.2 Å². The Balaban J connectivity index is 2.31. The van der Waals surface area contributed by atoms with Crippen molar-refractivity contribution >= 4 is 33.2 Å². The first-order valence-corrected chi connectivity index (χ1v) is 6.07. The first-order valence-electron chi connectivity index (χ1n) is 4.90. The molecule has 0 amide bonds. The highest BCUT2D eigenvalue weighted by Crippen LogP contribution is 2.31. The molecule has 2 aromatic rings. The first kappa shape index (κ1) is 13.7. The number of pyridine rings is 1. The Morgan fingerprint density at radius 3 is 2.74 bits per heavy atom. The summed E-state index contributed by atoms with van der Waals surface area (Å²) in [5, 5.41) is 10.7. The van der Waals surface area contributed by atoms with E-state index in [1.165, 1.54) is 12.3 Å². The summed E-state index contributed by atoms with van der Waals surface area (Å²) in [6.07, 6.45) is 1.44. The van der Waals surface area contributed by atoms with Crippen LogP contribution in [0.2, 0.25) is 5.02 Å². The van der Waals surface area contributed by atoms with Gasteiger partial charge in [0.25, 0.3) is 5.69 Å². The van der Waals surface area contributed by atoms with Gasteiger partial charge in [-0.3, -0.25) is 10.1 Å². The molecule has 2 rings (SSSR count). The molecule has 0 N–H and O–H groups in total. The Bertz CT molecular complexity index is 654. The highest BCUT2D eigenvalue weighted by atomic mass is 79.9. The third-order valence-corrected chi connectivity index (χ3v) is 2.81. The van der Waals surface area contributed by atoms with E-state index >= 15 is 0 Å². The fraction of sp³-hybridized carbons (Fsp3) is 0. The summed E-state index contributed by atoms with van der Waals surface area (Å²) in [6.45, 7) is 0. The summed E-state index contributed by atoms with van der Waals surface area (Å²) in [5.41, 5.74) is -0.361. The topological polar surface area (TPSA) is 65.3 Å². The SMILES string of the molecule is O=[N+]([O-])c1ccc(Oc2ncc(Br)cc2Cl)c(F)c1. The molecule has 0 aliphatic heterocycles. The van der Waals surface area contributed by atoms with Crippen molar-refractivity contribution in [1.82, 2.24) is 4.98 Å². The molecule has 0 spiro atoms. The molecular weight excluding hydrogens is 342 g/mol. The van der Waals surface area contributed by atoms with Gasteiger partial charge < -0.3 is 4.74 Å². The molecule has 0 fully saturated rings. The molecule has 0 radical (unpaired) electrons. The minimum absolute atomic E-state index is 0.0117. The second kappa shape index (κ2) is 5.50. The fourth-order valence-electron chi connectivity index (χ4n) is 1.27. The lowest BCUT2D eigenvalue weighted by Crippen LogP contribution is -1.94. The average molecular weight is 348 g/mol. The Kier molecular flexibility index (Phi) is 3.96. The van der Waals surface area contributed by atoms with Crippen LogP contribution in [0.25, 0.3) is 0 Å². The number of benzene rings is 1. The maximum absolute atomic E-state index is 13.6. The van der Waals surface area contributed by atoms with E-state index in [0.29, 0.717) is 4.47 Å². The Morgan fingerprint density at radius 1 is 1.42 bits per heavy atom. The van der Waals surface area contributed by atoms with Crippen LogP contribution >= 0.6 is 27.5 Å². The van der Waals surface area contributed by atoms with Crippen molar-refractivity contribution in [3.8, 4) is 11.6 Å². The standard InChI is InChI=1S/C11H5BrClFN2O3/c12-6-3-8(13)11(15-5-6)19-10-2-1-7(16(17)18)4-9(10)14/h1-5H. The zero-order valence-electron chi connectivity index (χ0n) is 9.14. The quantitative estimate of drug-likeness (QED) is 0.612. The van der Waals surface area contributed by atoms with E-state index in [4.69, 9.17) is 16.3 Å². The smallest absolute Gasteiger partial charge is 0.272 e. The predicted octanol–water partition coefficient (Wildman–Crippen LogP) is 4.34. The van der Waals surface area contributed by atoms with Gasteiger partial charge in [0.05, 0.1) is 11.0 Å². The number of halogens is 3. The summed E-state index contributed by atoms with van der Waals surface area (Å²) in [4.78, 5) is 13.6. The summed E-state index contributed by atoms with van der Waals surface area (Å²) >= 11 is 9.04. The van der Waals surface area contributed by atoms with E-state index < -0.39 is 10.7 Å². The maximum atomic E-state index is 13.6. The van der Waals surface area contributed by atoms with Crippen LogP contribution in [0.15, 0.2) is 34.9 Å². The lowest BCUT2D eigenvalue weighted by molar-refractivity contribution is -0.385. The van der Waals surface area contributed by atoms with Gasteiger partial charge in [0.1, 0.15) is 5.02 Å². The van der Waals surface area contributed by atoms with Crippen molar-refractivity contribution < 1.29 is 14.1 Å². The monoisotopic (exact) mass is 346 g/mol. The van der Waals surface area contributed by atoms with Gasteiger partial charge in [-0.2, -0.15) is 0 Å². The van der Waals surface area contributed by atoms with Crippen LogP contribution in [0, 0.1) is 15.9 Å². The summed E-state index contributed by atoms with van der Waals surface area (Å²) in [6, 6.07) is 4.58. The number of nitro groups is 1. The molecule has 1 aromatic heterocycles. The Morgan fingerprint density at radius 2 is 2.16 bits per heavy atom. The third-order valence-electron chi connectivity index (χ3n) is 2.11. The molecule has 0 aliphatic carbocycles. The molecule has 0 saturated carbocycles. The molecular formula is C11H5BrClFN2O3. The number of hydrogen-bond donors (Lipinski definition) is 0. The van der Waals surface area contributed by atoms with Crippen molar-refractivity contribution in [2.24, 2.45) is 0 Å². The number of ether oxygens (including phenoxy) is 1. The number of hydrogen-bond acceptors (Lipinski definition) is 4. The van der Waals surface area contributed by atoms with Gasteiger partial charge in [0.2, 0.25) is 5.88 Å². The lowest BCUT2D eigenvalue weighted by atomic mass is 10.3. The van der Waals surface area contributed by atoms with E-state index in [1.807, 2.05) is 0 Å². The number of rotatable bonds is 3. The van der Waals surface area contributed by atoms with Gasteiger partial charge in [-0.15, -0.1) is 0 Å². The number of aromatic nitrogens is 1. The van der Waals surface area contributed by atoms with Gasteiger partial charge in [0.15, 0.2) is 11.6 Å². The van der Waals surface area contributed by atoms with Crippen LogP contribution in [-0.4, -0.2) is 9.91 Å². The molecule has 0 saturated heterocycles. The average Bonchev–Trinajstić information content (AvgIpc) is 2.34. The van der Waals surface area contributed by atoms with Crippen LogP contribution in [0.1, 0.15) is 0 Å². The first-order chi connectivity index (χ1) is 8.97. The summed E-state index contributed by atoms with van der Waals surface area (Å²) in [7, 11) is 0.